The van der Waals surface area contributed by atoms with Crippen LogP contribution in [0.3, 0.4) is 0 Å². The summed E-state index contributed by atoms with van der Waals surface area (Å²) in [4.78, 5) is 14.6. The van der Waals surface area contributed by atoms with Crippen LogP contribution in [0.15, 0.2) is 60.0 Å². The first-order valence-electron chi connectivity index (χ1n) is 8.96. The molecule has 3 aromatic rings. The summed E-state index contributed by atoms with van der Waals surface area (Å²) < 4.78 is 9.77. The minimum atomic E-state index is -1.63. The SMILES string of the molecule is CN(CC[C@H](Oc1cccc2ccccc12)c1cccs1)C(=O)OCC(Cl)(Cl)Cl. The van der Waals surface area contributed by atoms with Gasteiger partial charge in [-0.25, -0.2) is 4.79 Å². The lowest BCUT2D eigenvalue weighted by Crippen LogP contribution is -2.32. The molecule has 0 N–H and O–H groups in total. The van der Waals surface area contributed by atoms with Crippen LogP contribution in [0.5, 0.6) is 5.75 Å². The summed E-state index contributed by atoms with van der Waals surface area (Å²) in [5.74, 6) is 0.808. The van der Waals surface area contributed by atoms with Crippen LogP contribution < -0.4 is 4.74 Å². The summed E-state index contributed by atoms with van der Waals surface area (Å²) in [6.07, 6.45) is -0.168. The van der Waals surface area contributed by atoms with E-state index in [0.29, 0.717) is 13.0 Å². The maximum absolute atomic E-state index is 12.1. The molecule has 1 heterocycles. The fraction of sp³-hybridized carbons (Fsp3) is 0.286. The van der Waals surface area contributed by atoms with E-state index >= 15 is 0 Å². The van der Waals surface area contributed by atoms with Gasteiger partial charge < -0.3 is 14.4 Å². The summed E-state index contributed by atoms with van der Waals surface area (Å²) in [5, 5.41) is 4.17. The maximum Gasteiger partial charge on any atom is 0.409 e. The molecule has 0 saturated carbocycles. The van der Waals surface area contributed by atoms with Gasteiger partial charge in [0.1, 0.15) is 18.5 Å². The van der Waals surface area contributed by atoms with Crippen molar-refractivity contribution in [1.29, 1.82) is 0 Å². The van der Waals surface area contributed by atoms with Crippen LogP contribution in [0, 0.1) is 0 Å². The topological polar surface area (TPSA) is 38.8 Å². The summed E-state index contributed by atoms with van der Waals surface area (Å²) in [6, 6.07) is 18.1. The molecule has 29 heavy (non-hydrogen) atoms. The van der Waals surface area contributed by atoms with Gasteiger partial charge in [0.25, 0.3) is 0 Å². The number of hydrogen-bond acceptors (Lipinski definition) is 4. The standard InChI is InChI=1S/C21H20Cl3NO3S/c1-25(20(26)27-14-21(22,23)24)12-11-18(19-10-5-13-29-19)28-17-9-4-7-15-6-2-3-8-16(15)17/h2-10,13,18H,11-12,14H2,1H3/t18-/m0/s1. The van der Waals surface area contributed by atoms with Crippen molar-refractivity contribution in [2.24, 2.45) is 0 Å². The molecule has 8 heteroatoms. The van der Waals surface area contributed by atoms with Gasteiger partial charge in [-0.3, -0.25) is 0 Å². The minimum Gasteiger partial charge on any atom is -0.484 e. The lowest BCUT2D eigenvalue weighted by atomic mass is 10.1. The Bertz CT molecular complexity index is 938. The van der Waals surface area contributed by atoms with Crippen molar-refractivity contribution >= 4 is 63.0 Å². The molecule has 154 valence electrons. The van der Waals surface area contributed by atoms with Gasteiger partial charge in [0.15, 0.2) is 0 Å². The minimum absolute atomic E-state index is 0.204. The third kappa shape index (κ3) is 6.41. The lowest BCUT2D eigenvalue weighted by Gasteiger charge is -2.23. The Morgan fingerprint density at radius 2 is 1.86 bits per heavy atom. The Morgan fingerprint density at radius 3 is 2.59 bits per heavy atom. The van der Waals surface area contributed by atoms with Crippen LogP contribution in [-0.4, -0.2) is 35.0 Å². The number of halogens is 3. The molecule has 0 aliphatic rings. The molecule has 0 spiro atoms. The summed E-state index contributed by atoms with van der Waals surface area (Å²) in [7, 11) is 1.64. The van der Waals surface area contributed by atoms with Gasteiger partial charge in [0.2, 0.25) is 3.79 Å². The quantitative estimate of drug-likeness (QED) is 0.353. The Hall–Kier alpha value is -1.66. The zero-order chi connectivity index (χ0) is 20.9. The number of benzene rings is 2. The fourth-order valence-electron chi connectivity index (χ4n) is 2.84. The predicted octanol–water partition coefficient (Wildman–Crippen LogP) is 6.85. The number of alkyl halides is 3. The van der Waals surface area contributed by atoms with Crippen molar-refractivity contribution in [2.75, 3.05) is 20.2 Å². The van der Waals surface area contributed by atoms with Gasteiger partial charge >= 0.3 is 6.09 Å². The normalized spacial score (nSPS) is 12.6. The Morgan fingerprint density at radius 1 is 1.10 bits per heavy atom. The number of carbonyl (C=O) groups is 1. The molecule has 0 radical (unpaired) electrons. The zero-order valence-electron chi connectivity index (χ0n) is 15.7. The van der Waals surface area contributed by atoms with Crippen LogP contribution in [0.4, 0.5) is 4.79 Å². The second-order valence-corrected chi connectivity index (χ2v) is 9.97. The van der Waals surface area contributed by atoms with E-state index in [1.54, 1.807) is 18.4 Å². The van der Waals surface area contributed by atoms with Crippen molar-refractivity contribution in [3.05, 3.63) is 64.9 Å². The molecule has 0 aliphatic heterocycles. The molecule has 0 unspecified atom stereocenters. The van der Waals surface area contributed by atoms with Crippen molar-refractivity contribution in [2.45, 2.75) is 16.3 Å². The third-order valence-corrected chi connectivity index (χ3v) is 5.57. The van der Waals surface area contributed by atoms with Gasteiger partial charge in [0.05, 0.1) is 0 Å². The second-order valence-electron chi connectivity index (χ2n) is 6.48. The van der Waals surface area contributed by atoms with Crippen LogP contribution in [-0.2, 0) is 4.74 Å². The molecule has 1 aromatic heterocycles. The highest BCUT2D eigenvalue weighted by Gasteiger charge is 2.24. The van der Waals surface area contributed by atoms with Gasteiger partial charge in [-0.2, -0.15) is 0 Å². The van der Waals surface area contributed by atoms with Crippen molar-refractivity contribution in [1.82, 2.24) is 4.90 Å². The fourth-order valence-corrected chi connectivity index (χ4v) is 3.79. The average molecular weight is 473 g/mol. The monoisotopic (exact) mass is 471 g/mol. The van der Waals surface area contributed by atoms with Crippen LogP contribution in [0.25, 0.3) is 10.8 Å². The van der Waals surface area contributed by atoms with E-state index in [1.165, 1.54) is 4.90 Å². The second kappa shape index (κ2) is 9.90. The summed E-state index contributed by atoms with van der Waals surface area (Å²) in [5.41, 5.74) is 0. The molecule has 0 saturated heterocycles. The van der Waals surface area contributed by atoms with Gasteiger partial charge in [-0.05, 0) is 22.9 Å². The number of hydrogen-bond donors (Lipinski definition) is 0. The van der Waals surface area contributed by atoms with E-state index < -0.39 is 9.89 Å². The smallest absolute Gasteiger partial charge is 0.409 e. The Labute approximate surface area is 188 Å². The van der Waals surface area contributed by atoms with E-state index in [2.05, 4.69) is 12.1 Å². The van der Waals surface area contributed by atoms with Crippen molar-refractivity contribution in [3.8, 4) is 5.75 Å². The number of amides is 1. The molecule has 3 rings (SSSR count). The molecule has 0 aliphatic carbocycles. The molecular formula is C21H20Cl3NO3S. The lowest BCUT2D eigenvalue weighted by molar-refractivity contribution is 0.106. The summed E-state index contributed by atoms with van der Waals surface area (Å²) in [6.45, 7) is 0.119. The first-order chi connectivity index (χ1) is 13.8. The van der Waals surface area contributed by atoms with Gasteiger partial charge in [0, 0.05) is 30.3 Å². The molecule has 1 atom stereocenters. The van der Waals surface area contributed by atoms with E-state index in [0.717, 1.165) is 21.4 Å². The molecule has 1 amide bonds. The van der Waals surface area contributed by atoms with E-state index in [4.69, 9.17) is 44.3 Å². The highest BCUT2D eigenvalue weighted by molar-refractivity contribution is 7.10. The van der Waals surface area contributed by atoms with Crippen LogP contribution in [0.2, 0.25) is 0 Å². The third-order valence-electron chi connectivity index (χ3n) is 4.28. The van der Waals surface area contributed by atoms with Crippen molar-refractivity contribution < 1.29 is 14.3 Å². The van der Waals surface area contributed by atoms with E-state index in [1.807, 2.05) is 47.8 Å². The summed E-state index contributed by atoms with van der Waals surface area (Å²) >= 11 is 18.5. The van der Waals surface area contributed by atoms with E-state index in [9.17, 15) is 4.79 Å². The molecule has 4 nitrogen and oxygen atoms in total. The molecule has 0 fully saturated rings. The number of rotatable bonds is 7. The van der Waals surface area contributed by atoms with Crippen molar-refractivity contribution in [3.63, 3.8) is 0 Å². The number of thiophene rings is 1. The van der Waals surface area contributed by atoms with Gasteiger partial charge in [-0.1, -0.05) is 77.3 Å². The number of carbonyl (C=O) groups excluding carboxylic acids is 1. The largest absolute Gasteiger partial charge is 0.484 e. The van der Waals surface area contributed by atoms with Gasteiger partial charge in [-0.15, -0.1) is 11.3 Å². The number of fused-ring (bicyclic) bond motifs is 1. The Balaban J connectivity index is 1.69. The van der Waals surface area contributed by atoms with Crippen LogP contribution in [0.1, 0.15) is 17.4 Å². The number of nitrogens with zero attached hydrogens (tertiary/aromatic N) is 1. The number of ether oxygens (including phenoxy) is 2. The molecular weight excluding hydrogens is 453 g/mol. The predicted molar refractivity (Wildman–Crippen MR) is 121 cm³/mol. The van der Waals surface area contributed by atoms with Crippen LogP contribution >= 0.6 is 46.1 Å². The Kier molecular flexibility index (Phi) is 7.52. The maximum atomic E-state index is 12.1. The first-order valence-corrected chi connectivity index (χ1v) is 11.0. The zero-order valence-corrected chi connectivity index (χ0v) is 18.8. The molecule has 0 bridgehead atoms. The average Bonchev–Trinajstić information content (AvgIpc) is 3.23. The highest BCUT2D eigenvalue weighted by Crippen LogP contribution is 2.33. The molecule has 2 aromatic carbocycles. The first kappa shape index (κ1) is 22.0. The highest BCUT2D eigenvalue weighted by atomic mass is 35.6. The van der Waals surface area contributed by atoms with E-state index in [-0.39, 0.29) is 12.7 Å².